The zero-order valence-electron chi connectivity index (χ0n) is 8.97. The van der Waals surface area contributed by atoms with E-state index in [1.807, 2.05) is 0 Å². The van der Waals surface area contributed by atoms with Crippen molar-refractivity contribution in [1.82, 2.24) is 5.16 Å². The second-order valence-electron chi connectivity index (χ2n) is 4.19. The fourth-order valence-electron chi connectivity index (χ4n) is 1.99. The lowest BCUT2D eigenvalue weighted by Crippen LogP contribution is -2.08. The molecule has 0 saturated carbocycles. The molecule has 0 aromatic carbocycles. The molecular formula is C10H13NO4S. The third kappa shape index (κ3) is 2.32. The molecular weight excluding hydrogens is 230 g/mol. The third-order valence-electron chi connectivity index (χ3n) is 2.83. The van der Waals surface area contributed by atoms with Crippen molar-refractivity contribution in [3.8, 4) is 0 Å². The highest BCUT2D eigenvalue weighted by Crippen LogP contribution is 2.24. The number of ketones is 1. The van der Waals surface area contributed by atoms with Crippen LogP contribution in [-0.2, 0) is 16.3 Å². The van der Waals surface area contributed by atoms with E-state index < -0.39 is 9.84 Å². The molecule has 2 rings (SSSR count). The number of Topliss-reactive ketones (excluding diaryl/α,β-unsaturated/α-hetero) is 1. The van der Waals surface area contributed by atoms with Gasteiger partial charge in [-0.3, -0.25) is 4.79 Å². The van der Waals surface area contributed by atoms with Gasteiger partial charge in [-0.1, -0.05) is 5.16 Å². The van der Waals surface area contributed by atoms with Crippen molar-refractivity contribution in [2.24, 2.45) is 5.92 Å². The summed E-state index contributed by atoms with van der Waals surface area (Å²) < 4.78 is 27.5. The maximum atomic E-state index is 11.3. The second-order valence-corrected chi connectivity index (χ2v) is 6.42. The van der Waals surface area contributed by atoms with Crippen molar-refractivity contribution in [3.05, 3.63) is 17.5 Å². The first-order valence-corrected chi connectivity index (χ1v) is 6.95. The molecule has 5 nitrogen and oxygen atoms in total. The average Bonchev–Trinajstić information content (AvgIpc) is 2.73. The van der Waals surface area contributed by atoms with Crippen molar-refractivity contribution < 1.29 is 17.7 Å². The Kier molecular flexibility index (Phi) is 2.84. The van der Waals surface area contributed by atoms with E-state index in [0.29, 0.717) is 24.2 Å². The van der Waals surface area contributed by atoms with Gasteiger partial charge in [0.1, 0.15) is 5.76 Å². The number of hydrogen-bond acceptors (Lipinski definition) is 5. The Morgan fingerprint density at radius 1 is 1.62 bits per heavy atom. The molecule has 0 radical (unpaired) electrons. The van der Waals surface area contributed by atoms with Gasteiger partial charge in [0, 0.05) is 6.42 Å². The Morgan fingerprint density at radius 2 is 2.38 bits per heavy atom. The fraction of sp³-hybridized carbons (Fsp3) is 0.600. The molecule has 0 spiro atoms. The maximum Gasteiger partial charge on any atom is 0.164 e. The largest absolute Gasteiger partial charge is 0.361 e. The van der Waals surface area contributed by atoms with Crippen LogP contribution in [0.4, 0.5) is 0 Å². The van der Waals surface area contributed by atoms with Crippen LogP contribution in [0.2, 0.25) is 0 Å². The number of nitrogens with zero attached hydrogens (tertiary/aromatic N) is 1. The van der Waals surface area contributed by atoms with E-state index in [9.17, 15) is 13.2 Å². The van der Waals surface area contributed by atoms with Crippen molar-refractivity contribution in [3.63, 3.8) is 0 Å². The predicted molar refractivity (Wildman–Crippen MR) is 57.0 cm³/mol. The quantitative estimate of drug-likeness (QED) is 0.736. The Morgan fingerprint density at radius 3 is 2.94 bits per heavy atom. The van der Waals surface area contributed by atoms with Crippen LogP contribution in [0.5, 0.6) is 0 Å². The smallest absolute Gasteiger partial charge is 0.164 e. The Hall–Kier alpha value is -1.17. The zero-order valence-corrected chi connectivity index (χ0v) is 9.79. The lowest BCUT2D eigenvalue weighted by molar-refractivity contribution is 0.101. The molecule has 2 heterocycles. The predicted octanol–water partition coefficient (Wildman–Crippen LogP) is 0.854. The molecule has 88 valence electrons. The van der Waals surface area contributed by atoms with Crippen molar-refractivity contribution in [2.75, 3.05) is 11.5 Å². The van der Waals surface area contributed by atoms with Gasteiger partial charge >= 0.3 is 0 Å². The Balaban J connectivity index is 2.11. The van der Waals surface area contributed by atoms with Gasteiger partial charge in [-0.2, -0.15) is 0 Å². The number of carbonyl (C=O) groups is 1. The fourth-order valence-corrected chi connectivity index (χ4v) is 3.86. The summed E-state index contributed by atoms with van der Waals surface area (Å²) >= 11 is 0. The minimum atomic E-state index is -2.88. The van der Waals surface area contributed by atoms with Crippen LogP contribution in [0.1, 0.15) is 29.5 Å². The summed E-state index contributed by atoms with van der Waals surface area (Å²) in [4.78, 5) is 11.2. The van der Waals surface area contributed by atoms with Gasteiger partial charge < -0.3 is 4.52 Å². The maximum absolute atomic E-state index is 11.3. The first-order valence-electron chi connectivity index (χ1n) is 5.13. The minimum Gasteiger partial charge on any atom is -0.361 e. The number of carbonyl (C=O) groups excluding carboxylic acids is 1. The molecule has 1 fully saturated rings. The van der Waals surface area contributed by atoms with Gasteiger partial charge in [-0.05, 0) is 19.3 Å². The molecule has 0 amide bonds. The lowest BCUT2D eigenvalue weighted by atomic mass is 10.0. The summed E-state index contributed by atoms with van der Waals surface area (Å²) in [6, 6.07) is 0. The van der Waals surface area contributed by atoms with Crippen LogP contribution >= 0.6 is 0 Å². The Labute approximate surface area is 93.7 Å². The summed E-state index contributed by atoms with van der Waals surface area (Å²) in [6.45, 7) is 1.45. The molecule has 1 aromatic heterocycles. The molecule has 0 N–H and O–H groups in total. The number of hydrogen-bond donors (Lipinski definition) is 0. The molecule has 1 unspecified atom stereocenters. The lowest BCUT2D eigenvalue weighted by Gasteiger charge is -2.04. The van der Waals surface area contributed by atoms with Crippen LogP contribution in [0.25, 0.3) is 0 Å². The van der Waals surface area contributed by atoms with Gasteiger partial charge in [0.25, 0.3) is 0 Å². The summed E-state index contributed by atoms with van der Waals surface area (Å²) in [6.07, 6.45) is 2.51. The molecule has 6 heteroatoms. The van der Waals surface area contributed by atoms with Crippen molar-refractivity contribution in [2.45, 2.75) is 19.8 Å². The highest BCUT2D eigenvalue weighted by atomic mass is 32.2. The van der Waals surface area contributed by atoms with E-state index in [-0.39, 0.29) is 23.2 Å². The van der Waals surface area contributed by atoms with Gasteiger partial charge in [0.05, 0.1) is 23.3 Å². The van der Waals surface area contributed by atoms with Crippen LogP contribution in [-0.4, -0.2) is 30.9 Å². The van der Waals surface area contributed by atoms with Crippen molar-refractivity contribution >= 4 is 15.6 Å². The number of sulfone groups is 1. The van der Waals surface area contributed by atoms with Gasteiger partial charge in [-0.25, -0.2) is 8.42 Å². The summed E-state index contributed by atoms with van der Waals surface area (Å²) in [5.74, 6) is 0.884. The van der Waals surface area contributed by atoms with E-state index in [1.165, 1.54) is 13.1 Å². The first kappa shape index (κ1) is 11.3. The molecule has 1 saturated heterocycles. The molecule has 1 aromatic rings. The van der Waals surface area contributed by atoms with E-state index in [4.69, 9.17) is 4.52 Å². The standard InChI is InChI=1S/C10H13NO4S/c1-7(12)9-5-11-15-10(9)4-8-2-3-16(13,14)6-8/h5,8H,2-4,6H2,1H3. The van der Waals surface area contributed by atoms with Crippen LogP contribution < -0.4 is 0 Å². The summed E-state index contributed by atoms with van der Waals surface area (Å²) in [5.41, 5.74) is 0.462. The van der Waals surface area contributed by atoms with Crippen molar-refractivity contribution in [1.29, 1.82) is 0 Å². The summed E-state index contributed by atoms with van der Waals surface area (Å²) in [7, 11) is -2.88. The minimum absolute atomic E-state index is 0.0519. The molecule has 16 heavy (non-hydrogen) atoms. The van der Waals surface area contributed by atoms with Crippen LogP contribution in [0.3, 0.4) is 0 Å². The number of aromatic nitrogens is 1. The second kappa shape index (κ2) is 4.01. The third-order valence-corrected chi connectivity index (χ3v) is 4.66. The Bertz CT molecular complexity index is 503. The van der Waals surface area contributed by atoms with Gasteiger partial charge in [0.15, 0.2) is 15.6 Å². The highest BCUT2D eigenvalue weighted by Gasteiger charge is 2.29. The molecule has 1 aliphatic rings. The SMILES string of the molecule is CC(=O)c1cnoc1CC1CCS(=O)(=O)C1. The van der Waals surface area contributed by atoms with Crippen LogP contribution in [0, 0.1) is 5.92 Å². The summed E-state index contributed by atoms with van der Waals surface area (Å²) in [5, 5.41) is 3.58. The van der Waals surface area contributed by atoms with E-state index >= 15 is 0 Å². The highest BCUT2D eigenvalue weighted by molar-refractivity contribution is 7.91. The van der Waals surface area contributed by atoms with Crippen LogP contribution in [0.15, 0.2) is 10.7 Å². The first-order chi connectivity index (χ1) is 7.48. The number of rotatable bonds is 3. The van der Waals surface area contributed by atoms with E-state index in [2.05, 4.69) is 5.16 Å². The monoisotopic (exact) mass is 243 g/mol. The van der Waals surface area contributed by atoms with E-state index in [0.717, 1.165) is 0 Å². The zero-order chi connectivity index (χ0) is 11.8. The molecule has 1 atom stereocenters. The topological polar surface area (TPSA) is 77.2 Å². The average molecular weight is 243 g/mol. The van der Waals surface area contributed by atoms with Gasteiger partial charge in [-0.15, -0.1) is 0 Å². The van der Waals surface area contributed by atoms with E-state index in [1.54, 1.807) is 0 Å². The molecule has 0 bridgehead atoms. The molecule has 1 aliphatic heterocycles. The molecule has 0 aliphatic carbocycles. The van der Waals surface area contributed by atoms with Gasteiger partial charge in [0.2, 0.25) is 0 Å². The normalized spacial score (nSPS) is 23.4.